The fourth-order valence-corrected chi connectivity index (χ4v) is 1.20. The largest absolute Gasteiger partial charge is 0.192 e. The van der Waals surface area contributed by atoms with Crippen LogP contribution < -0.4 is 0 Å². The molecule has 0 aromatic heterocycles. The predicted molar refractivity (Wildman–Crippen MR) is 58.8 cm³/mol. The quantitative estimate of drug-likeness (QED) is 0.711. The highest BCUT2D eigenvalue weighted by Gasteiger charge is 1.97. The summed E-state index contributed by atoms with van der Waals surface area (Å²) < 4.78 is 0. The summed E-state index contributed by atoms with van der Waals surface area (Å²) in [4.78, 5) is 0. The van der Waals surface area contributed by atoms with E-state index in [9.17, 15) is 0 Å². The third kappa shape index (κ3) is 2.64. The average molecular weight is 189 g/mol. The zero-order chi connectivity index (χ0) is 9.68. The molecular weight excluding hydrogens is 178 g/mol. The molecular formula is C11H11NS. The van der Waals surface area contributed by atoms with Gasteiger partial charge in [-0.05, 0) is 24.1 Å². The summed E-state index contributed by atoms with van der Waals surface area (Å²) >= 11 is 4.06. The van der Waals surface area contributed by atoms with Gasteiger partial charge in [-0.15, -0.1) is 0 Å². The Bertz CT molecular complexity index is 361. The number of nitrogens with zero attached hydrogens (tertiary/aromatic N) is 1. The molecule has 0 aliphatic heterocycles. The second-order valence-electron chi connectivity index (χ2n) is 2.79. The number of aryl methyl sites for hydroxylation is 1. The molecule has 0 amide bonds. The van der Waals surface area contributed by atoms with E-state index in [4.69, 9.17) is 5.26 Å². The summed E-state index contributed by atoms with van der Waals surface area (Å²) in [5.74, 6) is 0.693. The summed E-state index contributed by atoms with van der Waals surface area (Å²) in [5, 5.41) is 8.84. The second-order valence-corrected chi connectivity index (χ2v) is 3.15. The van der Waals surface area contributed by atoms with E-state index in [2.05, 4.69) is 18.7 Å². The van der Waals surface area contributed by atoms with Crippen LogP contribution in [0.25, 0.3) is 6.08 Å². The molecule has 0 saturated heterocycles. The van der Waals surface area contributed by atoms with Gasteiger partial charge in [0.2, 0.25) is 0 Å². The lowest BCUT2D eigenvalue weighted by Gasteiger charge is -1.98. The van der Waals surface area contributed by atoms with Gasteiger partial charge in [0.1, 0.15) is 0 Å². The molecule has 0 radical (unpaired) electrons. The van der Waals surface area contributed by atoms with E-state index in [-0.39, 0.29) is 0 Å². The third-order valence-electron chi connectivity index (χ3n) is 1.73. The maximum Gasteiger partial charge on any atom is 0.0998 e. The first-order valence-corrected chi connectivity index (χ1v) is 4.69. The number of rotatable bonds is 2. The summed E-state index contributed by atoms with van der Waals surface area (Å²) in [6, 6.07) is 8.01. The Kier molecular flexibility index (Phi) is 3.60. The van der Waals surface area contributed by atoms with Gasteiger partial charge in [-0.25, -0.2) is 0 Å². The first-order valence-electron chi connectivity index (χ1n) is 4.06. The SMILES string of the molecule is Cc1ccc(C=CCS)c(C#N)c1. The summed E-state index contributed by atoms with van der Waals surface area (Å²) in [5.41, 5.74) is 2.79. The van der Waals surface area contributed by atoms with Gasteiger partial charge in [-0.3, -0.25) is 0 Å². The number of nitriles is 1. The van der Waals surface area contributed by atoms with Crippen LogP contribution in [0.3, 0.4) is 0 Å². The molecule has 0 atom stereocenters. The third-order valence-corrected chi connectivity index (χ3v) is 1.94. The van der Waals surface area contributed by atoms with Crippen molar-refractivity contribution < 1.29 is 0 Å². The van der Waals surface area contributed by atoms with E-state index >= 15 is 0 Å². The number of hydrogen-bond acceptors (Lipinski definition) is 2. The first kappa shape index (κ1) is 9.88. The Morgan fingerprint density at radius 2 is 2.31 bits per heavy atom. The Labute approximate surface area is 84.1 Å². The lowest BCUT2D eigenvalue weighted by molar-refractivity contribution is 1.41. The maximum absolute atomic E-state index is 8.84. The van der Waals surface area contributed by atoms with Crippen LogP contribution in [0.15, 0.2) is 24.3 Å². The van der Waals surface area contributed by atoms with Crippen molar-refractivity contribution in [2.75, 3.05) is 5.75 Å². The molecule has 0 bridgehead atoms. The minimum absolute atomic E-state index is 0.693. The van der Waals surface area contributed by atoms with Gasteiger partial charge < -0.3 is 0 Å². The summed E-state index contributed by atoms with van der Waals surface area (Å²) in [7, 11) is 0. The normalized spacial score (nSPS) is 10.2. The van der Waals surface area contributed by atoms with E-state index in [1.54, 1.807) is 0 Å². The fraction of sp³-hybridized carbons (Fsp3) is 0.182. The van der Waals surface area contributed by atoms with Crippen molar-refractivity contribution in [2.45, 2.75) is 6.92 Å². The molecule has 0 spiro atoms. The Balaban J connectivity index is 3.08. The molecule has 0 heterocycles. The molecule has 0 aliphatic carbocycles. The minimum atomic E-state index is 0.693. The Morgan fingerprint density at radius 1 is 1.54 bits per heavy atom. The molecule has 0 fully saturated rings. The molecule has 1 nitrogen and oxygen atoms in total. The molecule has 0 saturated carbocycles. The first-order chi connectivity index (χ1) is 6.27. The van der Waals surface area contributed by atoms with Crippen molar-refractivity contribution in [3.63, 3.8) is 0 Å². The van der Waals surface area contributed by atoms with Crippen LogP contribution in [0.1, 0.15) is 16.7 Å². The van der Waals surface area contributed by atoms with Gasteiger partial charge in [-0.2, -0.15) is 17.9 Å². The smallest absolute Gasteiger partial charge is 0.0998 e. The van der Waals surface area contributed by atoms with Crippen molar-refractivity contribution >= 4 is 18.7 Å². The molecule has 2 heteroatoms. The van der Waals surface area contributed by atoms with Crippen molar-refractivity contribution in [1.29, 1.82) is 5.26 Å². The lowest BCUT2D eigenvalue weighted by atomic mass is 10.1. The zero-order valence-electron chi connectivity index (χ0n) is 7.49. The topological polar surface area (TPSA) is 23.8 Å². The molecule has 0 N–H and O–H groups in total. The van der Waals surface area contributed by atoms with Crippen molar-refractivity contribution in [3.05, 3.63) is 41.0 Å². The van der Waals surface area contributed by atoms with Gasteiger partial charge in [0.25, 0.3) is 0 Å². The van der Waals surface area contributed by atoms with Crippen LogP contribution in [0.2, 0.25) is 0 Å². The van der Waals surface area contributed by atoms with Crippen LogP contribution in [0, 0.1) is 18.3 Å². The summed E-state index contributed by atoms with van der Waals surface area (Å²) in [6.45, 7) is 1.98. The number of benzene rings is 1. The number of thiol groups is 1. The molecule has 0 unspecified atom stereocenters. The van der Waals surface area contributed by atoms with E-state index in [1.807, 2.05) is 37.3 Å². The lowest BCUT2D eigenvalue weighted by Crippen LogP contribution is -1.83. The van der Waals surface area contributed by atoms with Crippen molar-refractivity contribution in [2.24, 2.45) is 0 Å². The van der Waals surface area contributed by atoms with Crippen molar-refractivity contribution in [1.82, 2.24) is 0 Å². The molecule has 66 valence electrons. The fourth-order valence-electron chi connectivity index (χ4n) is 1.09. The zero-order valence-corrected chi connectivity index (χ0v) is 8.38. The highest BCUT2D eigenvalue weighted by atomic mass is 32.1. The van der Waals surface area contributed by atoms with E-state index < -0.39 is 0 Å². The van der Waals surface area contributed by atoms with E-state index in [0.717, 1.165) is 16.7 Å². The van der Waals surface area contributed by atoms with Crippen LogP contribution in [0.5, 0.6) is 0 Å². The van der Waals surface area contributed by atoms with Gasteiger partial charge >= 0.3 is 0 Å². The highest BCUT2D eigenvalue weighted by Crippen LogP contribution is 2.12. The van der Waals surface area contributed by atoms with Gasteiger partial charge in [-0.1, -0.05) is 24.3 Å². The Hall–Kier alpha value is -1.20. The molecule has 0 aliphatic rings. The van der Waals surface area contributed by atoms with Crippen molar-refractivity contribution in [3.8, 4) is 6.07 Å². The van der Waals surface area contributed by atoms with Crippen LogP contribution in [-0.2, 0) is 0 Å². The molecule has 13 heavy (non-hydrogen) atoms. The standard InChI is InChI=1S/C11H11NS/c1-9-4-5-10(3-2-6-13)11(7-9)8-12/h2-5,7,13H,6H2,1H3. The Morgan fingerprint density at radius 3 is 2.92 bits per heavy atom. The monoisotopic (exact) mass is 189 g/mol. The van der Waals surface area contributed by atoms with Crippen LogP contribution >= 0.6 is 12.6 Å². The molecule has 1 rings (SSSR count). The second kappa shape index (κ2) is 4.74. The van der Waals surface area contributed by atoms with Crippen LogP contribution in [-0.4, -0.2) is 5.75 Å². The highest BCUT2D eigenvalue weighted by molar-refractivity contribution is 7.80. The number of hydrogen-bond donors (Lipinski definition) is 1. The average Bonchev–Trinajstić information content (AvgIpc) is 2.16. The van der Waals surface area contributed by atoms with Gasteiger partial charge in [0, 0.05) is 5.75 Å². The van der Waals surface area contributed by atoms with Gasteiger partial charge in [0.05, 0.1) is 11.6 Å². The predicted octanol–water partition coefficient (Wildman–Crippen LogP) is 2.81. The van der Waals surface area contributed by atoms with Gasteiger partial charge in [0.15, 0.2) is 0 Å². The van der Waals surface area contributed by atoms with Crippen LogP contribution in [0.4, 0.5) is 0 Å². The maximum atomic E-state index is 8.84. The molecule has 1 aromatic rings. The van der Waals surface area contributed by atoms with E-state index in [1.165, 1.54) is 0 Å². The van der Waals surface area contributed by atoms with E-state index in [0.29, 0.717) is 5.75 Å². The minimum Gasteiger partial charge on any atom is -0.192 e. The molecule has 1 aromatic carbocycles. The summed E-state index contributed by atoms with van der Waals surface area (Å²) in [6.07, 6.45) is 3.85.